The summed E-state index contributed by atoms with van der Waals surface area (Å²) in [5, 5.41) is 2.84. The number of halogens is 1. The molecule has 2 heterocycles. The molecule has 86 valence electrons. The van der Waals surface area contributed by atoms with Gasteiger partial charge in [-0.25, -0.2) is 4.98 Å². The van der Waals surface area contributed by atoms with E-state index in [4.69, 9.17) is 4.74 Å². The zero-order valence-corrected chi connectivity index (χ0v) is 8.94. The van der Waals surface area contributed by atoms with E-state index in [1.807, 2.05) is 6.92 Å². The molecule has 1 aliphatic heterocycles. The van der Waals surface area contributed by atoms with E-state index in [1.54, 1.807) is 0 Å². The normalized spacial score (nSPS) is 24.4. The molecule has 1 aromatic rings. The van der Waals surface area contributed by atoms with Crippen LogP contribution < -0.4 is 5.32 Å². The first kappa shape index (κ1) is 11.0. The van der Waals surface area contributed by atoms with Crippen molar-refractivity contribution in [2.45, 2.75) is 25.5 Å². The Balaban J connectivity index is 2.00. The van der Waals surface area contributed by atoms with Gasteiger partial charge in [0.1, 0.15) is 0 Å². The summed E-state index contributed by atoms with van der Waals surface area (Å²) in [4.78, 5) is 15.2. The molecule has 0 radical (unpaired) electrons. The number of pyridine rings is 1. The summed E-state index contributed by atoms with van der Waals surface area (Å²) in [5.41, 5.74) is 0.362. The molecule has 0 saturated carbocycles. The number of carbonyl (C=O) groups excluding carboxylic acids is 1. The smallest absolute Gasteiger partial charge is 0.253 e. The van der Waals surface area contributed by atoms with E-state index in [-0.39, 0.29) is 18.1 Å². The summed E-state index contributed by atoms with van der Waals surface area (Å²) in [5.74, 6) is -0.830. The van der Waals surface area contributed by atoms with Crippen LogP contribution >= 0.6 is 0 Å². The molecule has 4 nitrogen and oxygen atoms in total. The topological polar surface area (TPSA) is 51.2 Å². The Hall–Kier alpha value is -1.49. The van der Waals surface area contributed by atoms with E-state index in [9.17, 15) is 9.18 Å². The second kappa shape index (κ2) is 4.57. The molecule has 1 N–H and O–H groups in total. The van der Waals surface area contributed by atoms with Gasteiger partial charge < -0.3 is 10.1 Å². The molecule has 0 aliphatic carbocycles. The third-order valence-electron chi connectivity index (χ3n) is 2.68. The Bertz CT molecular complexity index is 380. The fraction of sp³-hybridized carbons (Fsp3) is 0.455. The number of hydrogen-bond acceptors (Lipinski definition) is 3. The van der Waals surface area contributed by atoms with E-state index < -0.39 is 5.95 Å². The number of hydrogen-bond donors (Lipinski definition) is 1. The molecule has 16 heavy (non-hydrogen) atoms. The molecule has 2 unspecified atom stereocenters. The zero-order valence-electron chi connectivity index (χ0n) is 8.94. The van der Waals surface area contributed by atoms with Crippen molar-refractivity contribution in [1.29, 1.82) is 0 Å². The Morgan fingerprint density at radius 3 is 3.00 bits per heavy atom. The molecule has 1 aliphatic rings. The summed E-state index contributed by atoms with van der Waals surface area (Å²) in [6.07, 6.45) is 2.06. The maximum Gasteiger partial charge on any atom is 0.253 e. The second-order valence-corrected chi connectivity index (χ2v) is 3.81. The predicted molar refractivity (Wildman–Crippen MR) is 55.5 cm³/mol. The van der Waals surface area contributed by atoms with Gasteiger partial charge in [0.15, 0.2) is 0 Å². The average Bonchev–Trinajstić information content (AvgIpc) is 2.65. The van der Waals surface area contributed by atoms with Gasteiger partial charge in [0.25, 0.3) is 5.91 Å². The number of nitrogens with one attached hydrogen (secondary N) is 1. The maximum absolute atomic E-state index is 12.6. The molecule has 0 bridgehead atoms. The molecule has 0 aromatic carbocycles. The second-order valence-electron chi connectivity index (χ2n) is 3.81. The van der Waals surface area contributed by atoms with Crippen LogP contribution in [0.1, 0.15) is 23.7 Å². The van der Waals surface area contributed by atoms with Gasteiger partial charge in [0.2, 0.25) is 5.95 Å². The molecular formula is C11H13FN2O2. The van der Waals surface area contributed by atoms with E-state index in [2.05, 4.69) is 10.3 Å². The molecule has 2 rings (SSSR count). The Kier molecular flexibility index (Phi) is 3.14. The highest BCUT2D eigenvalue weighted by Crippen LogP contribution is 2.13. The highest BCUT2D eigenvalue weighted by atomic mass is 19.1. The van der Waals surface area contributed by atoms with Gasteiger partial charge in [0.05, 0.1) is 17.7 Å². The van der Waals surface area contributed by atoms with Crippen LogP contribution in [0, 0.1) is 5.95 Å². The van der Waals surface area contributed by atoms with Crippen molar-refractivity contribution in [2.75, 3.05) is 6.61 Å². The van der Waals surface area contributed by atoms with Crippen LogP contribution in [0.3, 0.4) is 0 Å². The Labute approximate surface area is 92.8 Å². The minimum Gasteiger partial charge on any atom is -0.376 e. The number of rotatable bonds is 2. The van der Waals surface area contributed by atoms with Gasteiger partial charge >= 0.3 is 0 Å². The number of ether oxygens (including phenoxy) is 1. The van der Waals surface area contributed by atoms with Gasteiger partial charge in [-0.15, -0.1) is 0 Å². The van der Waals surface area contributed by atoms with Gasteiger partial charge in [-0.2, -0.15) is 4.39 Å². The van der Waals surface area contributed by atoms with Gasteiger partial charge in [0, 0.05) is 12.8 Å². The van der Waals surface area contributed by atoms with E-state index in [0.29, 0.717) is 12.2 Å². The van der Waals surface area contributed by atoms with E-state index >= 15 is 0 Å². The first-order valence-electron chi connectivity index (χ1n) is 5.21. The first-order chi connectivity index (χ1) is 7.66. The van der Waals surface area contributed by atoms with E-state index in [1.165, 1.54) is 18.3 Å². The van der Waals surface area contributed by atoms with Crippen molar-refractivity contribution >= 4 is 5.91 Å². The summed E-state index contributed by atoms with van der Waals surface area (Å²) in [6.45, 7) is 2.58. The van der Waals surface area contributed by atoms with Crippen molar-refractivity contribution in [3.63, 3.8) is 0 Å². The molecule has 1 amide bonds. The number of amides is 1. The van der Waals surface area contributed by atoms with Crippen molar-refractivity contribution in [1.82, 2.24) is 10.3 Å². The molecule has 1 saturated heterocycles. The lowest BCUT2D eigenvalue weighted by Gasteiger charge is -2.15. The molecule has 5 heteroatoms. The SMILES string of the molecule is CC1OCCC1NC(=O)c1ccc(F)nc1. The first-order valence-corrected chi connectivity index (χ1v) is 5.21. The zero-order chi connectivity index (χ0) is 11.5. The lowest BCUT2D eigenvalue weighted by molar-refractivity contribution is 0.0866. The highest BCUT2D eigenvalue weighted by Gasteiger charge is 2.25. The average molecular weight is 224 g/mol. The molecule has 1 fully saturated rings. The van der Waals surface area contributed by atoms with Crippen LogP contribution in [-0.4, -0.2) is 29.6 Å². The Morgan fingerprint density at radius 2 is 2.44 bits per heavy atom. The van der Waals surface area contributed by atoms with Gasteiger partial charge in [-0.1, -0.05) is 0 Å². The lowest BCUT2D eigenvalue weighted by atomic mass is 10.1. The van der Waals surface area contributed by atoms with Crippen molar-refractivity contribution in [2.24, 2.45) is 0 Å². The quantitative estimate of drug-likeness (QED) is 0.766. The summed E-state index contributed by atoms with van der Waals surface area (Å²) >= 11 is 0. The number of carbonyl (C=O) groups is 1. The molecule has 2 atom stereocenters. The summed E-state index contributed by atoms with van der Waals surface area (Å²) < 4.78 is 17.9. The van der Waals surface area contributed by atoms with Crippen molar-refractivity contribution < 1.29 is 13.9 Å². The minimum atomic E-state index is -0.589. The monoisotopic (exact) mass is 224 g/mol. The van der Waals surface area contributed by atoms with E-state index in [0.717, 1.165) is 6.42 Å². The highest BCUT2D eigenvalue weighted by molar-refractivity contribution is 5.94. The van der Waals surface area contributed by atoms with Crippen LogP contribution in [0.2, 0.25) is 0 Å². The van der Waals surface area contributed by atoms with Crippen molar-refractivity contribution in [3.8, 4) is 0 Å². The van der Waals surface area contributed by atoms with Crippen LogP contribution in [0.5, 0.6) is 0 Å². The van der Waals surface area contributed by atoms with Crippen LogP contribution in [-0.2, 0) is 4.74 Å². The molecule has 0 spiro atoms. The standard InChI is InChI=1S/C11H13FN2O2/c1-7-9(4-5-16-7)14-11(15)8-2-3-10(12)13-6-8/h2-3,6-7,9H,4-5H2,1H3,(H,14,15). The van der Waals surface area contributed by atoms with Crippen LogP contribution in [0.15, 0.2) is 18.3 Å². The minimum absolute atomic E-state index is 0.0253. The van der Waals surface area contributed by atoms with Crippen LogP contribution in [0.25, 0.3) is 0 Å². The molecular weight excluding hydrogens is 211 g/mol. The maximum atomic E-state index is 12.6. The number of nitrogens with zero attached hydrogens (tertiary/aromatic N) is 1. The van der Waals surface area contributed by atoms with Crippen molar-refractivity contribution in [3.05, 3.63) is 29.8 Å². The van der Waals surface area contributed by atoms with Gasteiger partial charge in [-0.05, 0) is 25.5 Å². The third kappa shape index (κ3) is 2.36. The summed E-state index contributed by atoms with van der Waals surface area (Å²) in [6, 6.07) is 2.61. The fourth-order valence-corrected chi connectivity index (χ4v) is 1.68. The summed E-state index contributed by atoms with van der Waals surface area (Å²) in [7, 11) is 0. The fourth-order valence-electron chi connectivity index (χ4n) is 1.68. The van der Waals surface area contributed by atoms with Gasteiger partial charge in [-0.3, -0.25) is 4.79 Å². The third-order valence-corrected chi connectivity index (χ3v) is 2.68. The Morgan fingerprint density at radius 1 is 1.62 bits per heavy atom. The lowest BCUT2D eigenvalue weighted by Crippen LogP contribution is -2.39. The predicted octanol–water partition coefficient (Wildman–Crippen LogP) is 1.13. The largest absolute Gasteiger partial charge is 0.376 e. The van der Waals surface area contributed by atoms with Crippen LogP contribution in [0.4, 0.5) is 4.39 Å². The molecule has 1 aromatic heterocycles. The number of aromatic nitrogens is 1.